The van der Waals surface area contributed by atoms with E-state index in [0.29, 0.717) is 13.1 Å². The molecule has 6 heteroatoms. The minimum absolute atomic E-state index is 0. The molecular formula is C16H25ClN2O3. The Bertz CT molecular complexity index is 451. The van der Waals surface area contributed by atoms with Crippen LogP contribution in [-0.4, -0.2) is 45.4 Å². The van der Waals surface area contributed by atoms with Crippen LogP contribution in [0.5, 0.6) is 5.75 Å². The van der Waals surface area contributed by atoms with E-state index in [9.17, 15) is 4.79 Å². The molecule has 1 aliphatic heterocycles. The smallest absolute Gasteiger partial charge is 0.233 e. The lowest BCUT2D eigenvalue weighted by Crippen LogP contribution is -2.37. The number of hydrogen-bond acceptors (Lipinski definition) is 4. The van der Waals surface area contributed by atoms with Crippen LogP contribution in [0.1, 0.15) is 18.4 Å². The summed E-state index contributed by atoms with van der Waals surface area (Å²) in [5.41, 5.74) is 1.10. The summed E-state index contributed by atoms with van der Waals surface area (Å²) in [7, 11) is 1.66. The molecular weight excluding hydrogens is 304 g/mol. The zero-order valence-corrected chi connectivity index (χ0v) is 13.8. The van der Waals surface area contributed by atoms with Crippen molar-refractivity contribution in [1.29, 1.82) is 0 Å². The van der Waals surface area contributed by atoms with Gasteiger partial charge in [-0.2, -0.15) is 0 Å². The Labute approximate surface area is 138 Å². The van der Waals surface area contributed by atoms with Crippen molar-refractivity contribution in [2.45, 2.75) is 25.4 Å². The Morgan fingerprint density at radius 3 is 2.95 bits per heavy atom. The van der Waals surface area contributed by atoms with Crippen molar-refractivity contribution in [3.05, 3.63) is 29.8 Å². The number of nitrogens with one attached hydrogen (secondary N) is 2. The number of carbonyl (C=O) groups excluding carboxylic acids is 1. The van der Waals surface area contributed by atoms with Gasteiger partial charge in [-0.3, -0.25) is 4.79 Å². The van der Waals surface area contributed by atoms with E-state index in [4.69, 9.17) is 9.47 Å². The summed E-state index contributed by atoms with van der Waals surface area (Å²) in [4.78, 5) is 11.7. The number of amides is 1. The average molecular weight is 329 g/mol. The monoisotopic (exact) mass is 328 g/mol. The molecule has 124 valence electrons. The van der Waals surface area contributed by atoms with Crippen LogP contribution < -0.4 is 15.4 Å². The molecule has 1 heterocycles. The van der Waals surface area contributed by atoms with Gasteiger partial charge in [0.2, 0.25) is 5.91 Å². The number of para-hydroxylation sites is 1. The molecule has 0 radical (unpaired) electrons. The summed E-state index contributed by atoms with van der Waals surface area (Å²) in [6.07, 6.45) is 3.24. The fourth-order valence-electron chi connectivity index (χ4n) is 2.46. The predicted octanol–water partition coefficient (Wildman–Crippen LogP) is 1.54. The molecule has 1 unspecified atom stereocenters. The van der Waals surface area contributed by atoms with E-state index in [1.165, 1.54) is 0 Å². The number of rotatable bonds is 8. The minimum atomic E-state index is 0. The second kappa shape index (κ2) is 10.4. The van der Waals surface area contributed by atoms with E-state index < -0.39 is 0 Å². The SMILES string of the molecule is COc1ccccc1CCNC(=O)CNCC1CCCO1.Cl. The molecule has 22 heavy (non-hydrogen) atoms. The van der Waals surface area contributed by atoms with Crippen LogP contribution in [0.3, 0.4) is 0 Å². The number of carbonyl (C=O) groups is 1. The maximum absolute atomic E-state index is 11.7. The topological polar surface area (TPSA) is 59.6 Å². The third-order valence-corrected chi connectivity index (χ3v) is 3.59. The molecule has 1 aromatic carbocycles. The molecule has 0 aliphatic carbocycles. The number of hydrogen-bond donors (Lipinski definition) is 2. The first-order valence-electron chi connectivity index (χ1n) is 7.50. The summed E-state index contributed by atoms with van der Waals surface area (Å²) in [5, 5.41) is 6.05. The van der Waals surface area contributed by atoms with E-state index in [1.54, 1.807) is 7.11 Å². The van der Waals surface area contributed by atoms with Crippen molar-refractivity contribution in [3.8, 4) is 5.75 Å². The minimum Gasteiger partial charge on any atom is -0.496 e. The highest BCUT2D eigenvalue weighted by molar-refractivity contribution is 5.85. The van der Waals surface area contributed by atoms with Crippen LogP contribution in [0.4, 0.5) is 0 Å². The third kappa shape index (κ3) is 6.22. The van der Waals surface area contributed by atoms with Crippen molar-refractivity contribution in [3.63, 3.8) is 0 Å². The molecule has 0 spiro atoms. The zero-order valence-electron chi connectivity index (χ0n) is 13.0. The number of halogens is 1. The van der Waals surface area contributed by atoms with Crippen molar-refractivity contribution < 1.29 is 14.3 Å². The van der Waals surface area contributed by atoms with Gasteiger partial charge >= 0.3 is 0 Å². The van der Waals surface area contributed by atoms with Gasteiger partial charge in [-0.1, -0.05) is 18.2 Å². The molecule has 2 rings (SSSR count). The fourth-order valence-corrected chi connectivity index (χ4v) is 2.46. The molecule has 1 amide bonds. The lowest BCUT2D eigenvalue weighted by molar-refractivity contribution is -0.120. The van der Waals surface area contributed by atoms with Crippen LogP contribution in [0.15, 0.2) is 24.3 Å². The molecule has 2 N–H and O–H groups in total. The van der Waals surface area contributed by atoms with Crippen molar-refractivity contribution >= 4 is 18.3 Å². The maximum atomic E-state index is 11.7. The highest BCUT2D eigenvalue weighted by Crippen LogP contribution is 2.17. The van der Waals surface area contributed by atoms with Crippen LogP contribution in [0, 0.1) is 0 Å². The van der Waals surface area contributed by atoms with Gasteiger partial charge in [0.1, 0.15) is 5.75 Å². The summed E-state index contributed by atoms with van der Waals surface area (Å²) < 4.78 is 10.8. The first-order valence-corrected chi connectivity index (χ1v) is 7.50. The number of methoxy groups -OCH3 is 1. The predicted molar refractivity (Wildman–Crippen MR) is 88.8 cm³/mol. The molecule has 5 nitrogen and oxygen atoms in total. The number of ether oxygens (including phenoxy) is 2. The van der Waals surface area contributed by atoms with E-state index >= 15 is 0 Å². The summed E-state index contributed by atoms with van der Waals surface area (Å²) in [6, 6.07) is 7.86. The summed E-state index contributed by atoms with van der Waals surface area (Å²) in [6.45, 7) is 2.55. The second-order valence-corrected chi connectivity index (χ2v) is 5.18. The van der Waals surface area contributed by atoms with Gasteiger partial charge < -0.3 is 20.1 Å². The number of benzene rings is 1. The molecule has 1 aromatic rings. The fraction of sp³-hybridized carbons (Fsp3) is 0.562. The van der Waals surface area contributed by atoms with E-state index in [1.807, 2.05) is 24.3 Å². The van der Waals surface area contributed by atoms with E-state index in [2.05, 4.69) is 10.6 Å². The molecule has 1 atom stereocenters. The normalized spacial score (nSPS) is 16.9. The first-order chi connectivity index (χ1) is 10.3. The molecule has 0 aromatic heterocycles. The molecule has 1 fully saturated rings. The third-order valence-electron chi connectivity index (χ3n) is 3.59. The average Bonchev–Trinajstić information content (AvgIpc) is 3.01. The summed E-state index contributed by atoms with van der Waals surface area (Å²) in [5.74, 6) is 0.881. The Hall–Kier alpha value is -1.30. The summed E-state index contributed by atoms with van der Waals surface area (Å²) >= 11 is 0. The van der Waals surface area contributed by atoms with Gasteiger partial charge in [-0.05, 0) is 30.9 Å². The Morgan fingerprint density at radius 2 is 2.23 bits per heavy atom. The zero-order chi connectivity index (χ0) is 14.9. The van der Waals surface area contributed by atoms with Crippen LogP contribution in [-0.2, 0) is 16.0 Å². The lowest BCUT2D eigenvalue weighted by Gasteiger charge is -2.11. The highest BCUT2D eigenvalue weighted by atomic mass is 35.5. The van der Waals surface area contributed by atoms with Crippen LogP contribution in [0.2, 0.25) is 0 Å². The van der Waals surface area contributed by atoms with Gasteiger partial charge in [0.05, 0.1) is 19.8 Å². The van der Waals surface area contributed by atoms with Crippen molar-refractivity contribution in [2.75, 3.05) is 33.4 Å². The van der Waals surface area contributed by atoms with Gasteiger partial charge in [0.15, 0.2) is 0 Å². The molecule has 1 saturated heterocycles. The molecule has 0 saturated carbocycles. The largest absolute Gasteiger partial charge is 0.496 e. The Morgan fingerprint density at radius 1 is 1.41 bits per heavy atom. The van der Waals surface area contributed by atoms with Gasteiger partial charge in [-0.25, -0.2) is 0 Å². The lowest BCUT2D eigenvalue weighted by atomic mass is 10.1. The van der Waals surface area contributed by atoms with Gasteiger partial charge in [0, 0.05) is 19.7 Å². The maximum Gasteiger partial charge on any atom is 0.233 e. The van der Waals surface area contributed by atoms with Crippen molar-refractivity contribution in [1.82, 2.24) is 10.6 Å². The molecule has 1 aliphatic rings. The molecule has 0 bridgehead atoms. The Kier molecular flexibility index (Phi) is 8.89. The Balaban J connectivity index is 0.00000242. The second-order valence-electron chi connectivity index (χ2n) is 5.18. The van der Waals surface area contributed by atoms with E-state index in [-0.39, 0.29) is 24.4 Å². The quantitative estimate of drug-likeness (QED) is 0.760. The van der Waals surface area contributed by atoms with Crippen LogP contribution >= 0.6 is 12.4 Å². The van der Waals surface area contributed by atoms with Crippen LogP contribution in [0.25, 0.3) is 0 Å². The van der Waals surface area contributed by atoms with E-state index in [0.717, 1.165) is 43.7 Å². The standard InChI is InChI=1S/C16H24N2O3.ClH/c1-20-15-7-3-2-5-13(15)8-9-18-16(19)12-17-11-14-6-4-10-21-14;/h2-3,5,7,14,17H,4,6,8-12H2,1H3,(H,18,19);1H. The van der Waals surface area contributed by atoms with Gasteiger partial charge in [0.25, 0.3) is 0 Å². The first kappa shape index (κ1) is 18.7. The van der Waals surface area contributed by atoms with Gasteiger partial charge in [-0.15, -0.1) is 12.4 Å². The van der Waals surface area contributed by atoms with Crippen molar-refractivity contribution in [2.24, 2.45) is 0 Å². The highest BCUT2D eigenvalue weighted by Gasteiger charge is 2.14.